The molecule has 1 N–H and O–H groups in total. The van der Waals surface area contributed by atoms with Crippen LogP contribution in [-0.2, 0) is 4.74 Å². The van der Waals surface area contributed by atoms with Gasteiger partial charge in [0.25, 0.3) is 0 Å². The Morgan fingerprint density at radius 3 is 2.57 bits per heavy atom. The molecule has 4 heteroatoms. The van der Waals surface area contributed by atoms with Gasteiger partial charge in [0.15, 0.2) is 0 Å². The van der Waals surface area contributed by atoms with Crippen LogP contribution in [0, 0.1) is 28.6 Å². The van der Waals surface area contributed by atoms with E-state index in [9.17, 15) is 5.26 Å². The van der Waals surface area contributed by atoms with Crippen molar-refractivity contribution in [3.05, 3.63) is 47.4 Å². The summed E-state index contributed by atoms with van der Waals surface area (Å²) in [5.74, 6) is 0.911. The first-order valence-corrected chi connectivity index (χ1v) is 7.49. The first-order chi connectivity index (χ1) is 10.3. The van der Waals surface area contributed by atoms with E-state index in [2.05, 4.69) is 23.1 Å². The van der Waals surface area contributed by atoms with Crippen molar-refractivity contribution >= 4 is 5.90 Å². The predicted octanol–water partition coefficient (Wildman–Crippen LogP) is 2.85. The van der Waals surface area contributed by atoms with Gasteiger partial charge in [-0.15, -0.1) is 0 Å². The molecule has 0 radical (unpaired) electrons. The molecule has 0 aliphatic carbocycles. The van der Waals surface area contributed by atoms with E-state index in [1.165, 1.54) is 0 Å². The molecule has 4 heterocycles. The molecule has 5 rings (SSSR count). The Morgan fingerprint density at radius 2 is 1.90 bits per heavy atom. The molecule has 0 unspecified atom stereocenters. The summed E-state index contributed by atoms with van der Waals surface area (Å²) >= 11 is 0. The first-order valence-electron chi connectivity index (χ1n) is 7.49. The molecule has 4 aliphatic rings. The van der Waals surface area contributed by atoms with Gasteiger partial charge in [0.05, 0.1) is 17.7 Å². The lowest BCUT2D eigenvalue weighted by molar-refractivity contribution is 0.120. The van der Waals surface area contributed by atoms with E-state index in [0.29, 0.717) is 5.92 Å². The Morgan fingerprint density at radius 1 is 1.19 bits per heavy atom. The summed E-state index contributed by atoms with van der Waals surface area (Å²) in [5.41, 5.74) is 2.27. The van der Waals surface area contributed by atoms with E-state index < -0.39 is 5.92 Å². The van der Waals surface area contributed by atoms with Crippen molar-refractivity contribution in [1.29, 1.82) is 10.7 Å². The number of hydrogen-bond acceptors (Lipinski definition) is 4. The third-order valence-electron chi connectivity index (χ3n) is 4.89. The molecule has 1 aromatic carbocycles. The average molecular weight is 279 g/mol. The molecular weight excluding hydrogens is 262 g/mol. The normalized spacial score (nSPS) is 28.1. The molecule has 0 aromatic heterocycles. The van der Waals surface area contributed by atoms with E-state index in [4.69, 9.17) is 10.1 Å². The van der Waals surface area contributed by atoms with Gasteiger partial charge < -0.3 is 9.64 Å². The third kappa shape index (κ3) is 1.77. The zero-order valence-electron chi connectivity index (χ0n) is 11.7. The fraction of sp³-hybridized carbons (Fsp3) is 0.412. The lowest BCUT2D eigenvalue weighted by atomic mass is 9.75. The molecule has 1 aromatic rings. The Balaban J connectivity index is 1.89. The van der Waals surface area contributed by atoms with E-state index >= 15 is 0 Å². The Kier molecular flexibility index (Phi) is 2.75. The second kappa shape index (κ2) is 4.63. The molecular formula is C17H17N3O. The zero-order chi connectivity index (χ0) is 14.4. The molecule has 0 saturated carbocycles. The van der Waals surface area contributed by atoms with Gasteiger partial charge in [-0.25, -0.2) is 0 Å². The van der Waals surface area contributed by atoms with Gasteiger partial charge in [-0.3, -0.25) is 5.41 Å². The fourth-order valence-corrected chi connectivity index (χ4v) is 3.87. The fourth-order valence-electron chi connectivity index (χ4n) is 3.87. The van der Waals surface area contributed by atoms with E-state index in [1.54, 1.807) is 0 Å². The highest BCUT2D eigenvalue weighted by Crippen LogP contribution is 2.48. The van der Waals surface area contributed by atoms with Crippen molar-refractivity contribution in [2.45, 2.75) is 18.8 Å². The van der Waals surface area contributed by atoms with Crippen molar-refractivity contribution in [2.24, 2.45) is 11.8 Å². The standard InChI is InChI=1S/C17H17N3O/c18-10-13-14(11-4-2-1-3-5-11)15-16(21-17(13)19)12-6-8-20(15)9-7-12/h1-5,12-14,19H,6-9H2/t13-,14-/m0/s1. The highest BCUT2D eigenvalue weighted by molar-refractivity contribution is 5.82. The summed E-state index contributed by atoms with van der Waals surface area (Å²) in [6, 6.07) is 12.4. The van der Waals surface area contributed by atoms with Gasteiger partial charge in [-0.2, -0.15) is 5.26 Å². The van der Waals surface area contributed by atoms with Crippen LogP contribution in [0.2, 0.25) is 0 Å². The Bertz CT molecular complexity index is 650. The number of fused-ring (bicyclic) bond motifs is 2. The molecule has 2 atom stereocenters. The summed E-state index contributed by atoms with van der Waals surface area (Å²) in [4.78, 5) is 2.36. The van der Waals surface area contributed by atoms with Gasteiger partial charge in [0, 0.05) is 19.0 Å². The highest BCUT2D eigenvalue weighted by Gasteiger charge is 2.46. The second-order valence-corrected chi connectivity index (χ2v) is 5.97. The van der Waals surface area contributed by atoms with Gasteiger partial charge in [-0.05, 0) is 18.4 Å². The van der Waals surface area contributed by atoms with Crippen LogP contribution in [0.4, 0.5) is 0 Å². The van der Waals surface area contributed by atoms with Gasteiger partial charge in [-0.1, -0.05) is 30.3 Å². The third-order valence-corrected chi connectivity index (χ3v) is 4.89. The summed E-state index contributed by atoms with van der Waals surface area (Å²) in [6.45, 7) is 2.09. The first kappa shape index (κ1) is 12.5. The average Bonchev–Trinajstić information content (AvgIpc) is 2.55. The maximum atomic E-state index is 9.54. The number of ether oxygens (including phenoxy) is 1. The topological polar surface area (TPSA) is 60.1 Å². The van der Waals surface area contributed by atoms with Crippen molar-refractivity contribution < 1.29 is 4.74 Å². The molecule has 1 fully saturated rings. The number of allylic oxidation sites excluding steroid dienone is 2. The van der Waals surface area contributed by atoms with Crippen molar-refractivity contribution in [3.63, 3.8) is 0 Å². The number of hydrogen-bond donors (Lipinski definition) is 1. The smallest absolute Gasteiger partial charge is 0.205 e. The number of nitrogens with zero attached hydrogens (tertiary/aromatic N) is 2. The quantitative estimate of drug-likeness (QED) is 0.860. The molecule has 1 saturated heterocycles. The predicted molar refractivity (Wildman–Crippen MR) is 78.4 cm³/mol. The van der Waals surface area contributed by atoms with Crippen LogP contribution in [-0.4, -0.2) is 23.9 Å². The summed E-state index contributed by atoms with van der Waals surface area (Å²) < 4.78 is 5.78. The Labute approximate surface area is 124 Å². The number of benzene rings is 1. The summed E-state index contributed by atoms with van der Waals surface area (Å²) in [5, 5.41) is 17.7. The van der Waals surface area contributed by atoms with Crippen molar-refractivity contribution in [2.75, 3.05) is 13.1 Å². The van der Waals surface area contributed by atoms with Gasteiger partial charge >= 0.3 is 0 Å². The van der Waals surface area contributed by atoms with Crippen LogP contribution in [0.15, 0.2) is 41.8 Å². The maximum absolute atomic E-state index is 9.54. The second-order valence-electron chi connectivity index (χ2n) is 5.97. The van der Waals surface area contributed by atoms with Crippen LogP contribution in [0.3, 0.4) is 0 Å². The lowest BCUT2D eigenvalue weighted by Gasteiger charge is -2.48. The molecule has 0 amide bonds. The minimum atomic E-state index is -0.523. The van der Waals surface area contributed by atoms with Crippen LogP contribution in [0.5, 0.6) is 0 Å². The molecule has 106 valence electrons. The van der Waals surface area contributed by atoms with Crippen LogP contribution in [0.1, 0.15) is 24.3 Å². The monoisotopic (exact) mass is 279 g/mol. The van der Waals surface area contributed by atoms with E-state index in [-0.39, 0.29) is 11.8 Å². The number of piperidine rings is 1. The summed E-state index contributed by atoms with van der Waals surface area (Å²) in [7, 11) is 0. The highest BCUT2D eigenvalue weighted by atomic mass is 16.5. The SMILES string of the molecule is N#C[C@@H]1C(=N)OC2=C([C@H]1c1ccccc1)N1CCC2CC1. The number of nitriles is 1. The van der Waals surface area contributed by atoms with Crippen molar-refractivity contribution in [1.82, 2.24) is 4.90 Å². The molecule has 2 bridgehead atoms. The van der Waals surface area contributed by atoms with Crippen molar-refractivity contribution in [3.8, 4) is 6.07 Å². The van der Waals surface area contributed by atoms with Gasteiger partial charge in [0.2, 0.25) is 5.90 Å². The van der Waals surface area contributed by atoms with E-state index in [1.807, 2.05) is 18.2 Å². The van der Waals surface area contributed by atoms with Crippen LogP contribution < -0.4 is 0 Å². The number of rotatable bonds is 1. The number of nitrogens with one attached hydrogen (secondary N) is 1. The van der Waals surface area contributed by atoms with Gasteiger partial charge in [0.1, 0.15) is 11.7 Å². The molecule has 21 heavy (non-hydrogen) atoms. The van der Waals surface area contributed by atoms with Crippen LogP contribution >= 0.6 is 0 Å². The summed E-state index contributed by atoms with van der Waals surface area (Å²) in [6.07, 6.45) is 2.20. The molecule has 4 nitrogen and oxygen atoms in total. The van der Waals surface area contributed by atoms with E-state index in [0.717, 1.165) is 43.0 Å². The lowest BCUT2D eigenvalue weighted by Crippen LogP contribution is -2.47. The maximum Gasteiger partial charge on any atom is 0.205 e. The minimum absolute atomic E-state index is 0.0597. The van der Waals surface area contributed by atoms with Crippen LogP contribution in [0.25, 0.3) is 0 Å². The molecule has 0 spiro atoms. The zero-order valence-corrected chi connectivity index (χ0v) is 11.7. The minimum Gasteiger partial charge on any atom is -0.444 e. The largest absolute Gasteiger partial charge is 0.444 e. The Hall–Kier alpha value is -2.28. The molecule has 4 aliphatic heterocycles.